The van der Waals surface area contributed by atoms with Gasteiger partial charge in [0.15, 0.2) is 11.6 Å². The number of nitrogens with zero attached hydrogens (tertiary/aromatic N) is 2. The molecule has 0 saturated heterocycles. The van der Waals surface area contributed by atoms with Crippen LogP contribution in [0.3, 0.4) is 0 Å². The van der Waals surface area contributed by atoms with Crippen LogP contribution < -0.4 is 0 Å². The third-order valence-corrected chi connectivity index (χ3v) is 8.60. The number of benzene rings is 3. The molecule has 0 fully saturated rings. The number of hydrogen-bond donors (Lipinski definition) is 0. The third kappa shape index (κ3) is 4.15. The topological polar surface area (TPSA) is 42.3 Å². The van der Waals surface area contributed by atoms with Crippen LogP contribution in [-0.2, 0) is 22.7 Å². The number of para-hydroxylation sites is 1. The molecule has 4 heteroatoms. The molecule has 3 aromatic carbocycles. The Morgan fingerprint density at radius 1 is 0.615 bits per heavy atom. The summed E-state index contributed by atoms with van der Waals surface area (Å²) in [7, 11) is 0. The smallest absolute Gasteiger partial charge is 0.161 e. The van der Waals surface area contributed by atoms with E-state index < -0.39 is 0 Å². The van der Waals surface area contributed by atoms with Crippen LogP contribution in [0.4, 0.5) is 0 Å². The van der Waals surface area contributed by atoms with Gasteiger partial charge >= 0.3 is 0 Å². The zero-order valence-corrected chi connectivity index (χ0v) is 22.1. The molecule has 1 aliphatic heterocycles. The molecule has 0 bridgehead atoms. The minimum absolute atomic E-state index is 0.198. The van der Waals surface area contributed by atoms with Crippen LogP contribution in [0.15, 0.2) is 114 Å². The van der Waals surface area contributed by atoms with Crippen molar-refractivity contribution in [2.24, 2.45) is 0 Å². The summed E-state index contributed by atoms with van der Waals surface area (Å²) in [5.41, 5.74) is 8.63. The van der Waals surface area contributed by atoms with Crippen molar-refractivity contribution < 1.29 is 9.59 Å². The number of carbonyl (C=O) groups excluding carboxylic acids is 2. The number of allylic oxidation sites excluding steroid dienone is 4. The Balaban J connectivity index is 1.43. The van der Waals surface area contributed by atoms with Crippen LogP contribution in [0.5, 0.6) is 0 Å². The maximum absolute atomic E-state index is 13.8. The number of ketones is 2. The molecule has 0 unspecified atom stereocenters. The first-order valence-electron chi connectivity index (χ1n) is 14.1. The van der Waals surface area contributed by atoms with Crippen molar-refractivity contribution in [2.45, 2.75) is 57.5 Å². The van der Waals surface area contributed by atoms with Crippen molar-refractivity contribution >= 4 is 22.5 Å². The van der Waals surface area contributed by atoms with Crippen molar-refractivity contribution in [1.29, 1.82) is 0 Å². The highest BCUT2D eigenvalue weighted by atomic mass is 16.1. The molecule has 0 amide bonds. The average Bonchev–Trinajstić information content (AvgIpc) is 3.33. The molecule has 2 aliphatic carbocycles. The zero-order valence-electron chi connectivity index (χ0n) is 22.1. The molecule has 0 spiro atoms. The van der Waals surface area contributed by atoms with Crippen molar-refractivity contribution in [3.8, 4) is 0 Å². The lowest BCUT2D eigenvalue weighted by Crippen LogP contribution is -2.38. The third-order valence-electron chi connectivity index (χ3n) is 8.60. The SMILES string of the molecule is O=C1CCCC2=C1C(c1cn(Cc3ccccc3)c3ccccc13)C1=C(CCCC1=O)N2Cc1ccccc1. The minimum Gasteiger partial charge on any atom is -0.343 e. The largest absolute Gasteiger partial charge is 0.343 e. The predicted octanol–water partition coefficient (Wildman–Crippen LogP) is 7.30. The van der Waals surface area contributed by atoms with E-state index in [1.165, 1.54) is 11.1 Å². The first-order valence-corrected chi connectivity index (χ1v) is 14.1. The summed E-state index contributed by atoms with van der Waals surface area (Å²) < 4.78 is 2.29. The number of fused-ring (bicyclic) bond motifs is 1. The summed E-state index contributed by atoms with van der Waals surface area (Å²) >= 11 is 0. The summed E-state index contributed by atoms with van der Waals surface area (Å²) in [6, 6.07) is 29.4. The van der Waals surface area contributed by atoms with Gasteiger partial charge < -0.3 is 9.47 Å². The van der Waals surface area contributed by atoms with E-state index in [4.69, 9.17) is 0 Å². The molecule has 4 nitrogen and oxygen atoms in total. The van der Waals surface area contributed by atoms with E-state index in [1.807, 2.05) is 12.1 Å². The lowest BCUT2D eigenvalue weighted by Gasteiger charge is -2.44. The molecule has 0 N–H and O–H groups in total. The highest BCUT2D eigenvalue weighted by Crippen LogP contribution is 2.51. The highest BCUT2D eigenvalue weighted by molar-refractivity contribution is 6.07. The van der Waals surface area contributed by atoms with Gasteiger partial charge in [0.25, 0.3) is 0 Å². The van der Waals surface area contributed by atoms with Crippen LogP contribution in [-0.4, -0.2) is 21.0 Å². The lowest BCUT2D eigenvalue weighted by molar-refractivity contribution is -0.117. The molecule has 3 aliphatic rings. The molecule has 0 atom stereocenters. The van der Waals surface area contributed by atoms with E-state index in [-0.39, 0.29) is 17.5 Å². The van der Waals surface area contributed by atoms with Crippen molar-refractivity contribution in [1.82, 2.24) is 9.47 Å². The van der Waals surface area contributed by atoms with Gasteiger partial charge in [0, 0.05) is 71.5 Å². The molecule has 7 rings (SSSR count). The van der Waals surface area contributed by atoms with Crippen molar-refractivity contribution in [3.63, 3.8) is 0 Å². The molecule has 4 aromatic rings. The van der Waals surface area contributed by atoms with Crippen molar-refractivity contribution in [2.75, 3.05) is 0 Å². The molecule has 39 heavy (non-hydrogen) atoms. The van der Waals surface area contributed by atoms with Crippen LogP contribution in [0.1, 0.15) is 61.1 Å². The van der Waals surface area contributed by atoms with Crippen LogP contribution in [0.2, 0.25) is 0 Å². The Labute approximate surface area is 229 Å². The Morgan fingerprint density at radius 2 is 1.15 bits per heavy atom. The van der Waals surface area contributed by atoms with Crippen LogP contribution in [0, 0.1) is 0 Å². The van der Waals surface area contributed by atoms with Gasteiger partial charge in [-0.1, -0.05) is 78.9 Å². The van der Waals surface area contributed by atoms with Gasteiger partial charge in [-0.05, 0) is 48.4 Å². The van der Waals surface area contributed by atoms with E-state index in [2.05, 4.69) is 88.5 Å². The Hall–Kier alpha value is -4.18. The fourth-order valence-electron chi connectivity index (χ4n) is 6.90. The maximum Gasteiger partial charge on any atom is 0.161 e. The second-order valence-electron chi connectivity index (χ2n) is 11.0. The molecule has 0 saturated carbocycles. The number of carbonyl (C=O) groups is 2. The molecular weight excluding hydrogens is 480 g/mol. The van der Waals surface area contributed by atoms with Gasteiger partial charge in [0.2, 0.25) is 0 Å². The zero-order chi connectivity index (χ0) is 26.3. The van der Waals surface area contributed by atoms with Gasteiger partial charge in [0.05, 0.1) is 0 Å². The Morgan fingerprint density at radius 3 is 1.77 bits per heavy atom. The van der Waals surface area contributed by atoms with Gasteiger partial charge in [-0.3, -0.25) is 9.59 Å². The monoisotopic (exact) mass is 512 g/mol. The van der Waals surface area contributed by atoms with Crippen molar-refractivity contribution in [3.05, 3.63) is 130 Å². The molecule has 2 heterocycles. The first kappa shape index (κ1) is 23.9. The Kier molecular flexibility index (Phi) is 6.04. The van der Waals surface area contributed by atoms with E-state index in [1.54, 1.807) is 0 Å². The summed E-state index contributed by atoms with van der Waals surface area (Å²) in [5.74, 6) is 0.0952. The number of hydrogen-bond acceptors (Lipinski definition) is 3. The summed E-state index contributed by atoms with van der Waals surface area (Å²) in [6.45, 7) is 1.44. The number of Topliss-reactive ketones (excluding diaryl/α,β-unsaturated/α-hetero) is 2. The Bertz CT molecular complexity index is 1600. The normalized spacial score (nSPS) is 18.1. The summed E-state index contributed by atoms with van der Waals surface area (Å²) in [6.07, 6.45) is 6.79. The van der Waals surface area contributed by atoms with Gasteiger partial charge in [-0.2, -0.15) is 0 Å². The van der Waals surface area contributed by atoms with Gasteiger partial charge in [-0.25, -0.2) is 0 Å². The first-order chi connectivity index (χ1) is 19.2. The predicted molar refractivity (Wildman–Crippen MR) is 154 cm³/mol. The van der Waals surface area contributed by atoms with Gasteiger partial charge in [0.1, 0.15) is 0 Å². The highest BCUT2D eigenvalue weighted by Gasteiger charge is 2.44. The van der Waals surface area contributed by atoms with Crippen LogP contribution >= 0.6 is 0 Å². The second kappa shape index (κ2) is 9.85. The van der Waals surface area contributed by atoms with Gasteiger partial charge in [-0.15, -0.1) is 0 Å². The van der Waals surface area contributed by atoms with E-state index in [0.717, 1.165) is 71.2 Å². The molecular formula is C35H32N2O2. The lowest BCUT2D eigenvalue weighted by atomic mass is 9.71. The van der Waals surface area contributed by atoms with Crippen LogP contribution in [0.25, 0.3) is 10.9 Å². The number of rotatable bonds is 5. The van der Waals surface area contributed by atoms with E-state index >= 15 is 0 Å². The standard InChI is InChI=1S/C35H32N2O2/c38-31-19-9-17-29-34(31)33(35-30(18-10-20-32(35)39)37(29)22-25-13-5-2-6-14-25)27-23-36(21-24-11-3-1-4-12-24)28-16-8-7-15-26(27)28/h1-8,11-16,23,33H,9-10,17-22H2. The second-order valence-corrected chi connectivity index (χ2v) is 11.0. The minimum atomic E-state index is -0.301. The van der Waals surface area contributed by atoms with E-state index in [9.17, 15) is 9.59 Å². The quantitative estimate of drug-likeness (QED) is 0.282. The average molecular weight is 513 g/mol. The fourth-order valence-corrected chi connectivity index (χ4v) is 6.90. The maximum atomic E-state index is 13.8. The molecule has 194 valence electrons. The fraction of sp³-hybridized carbons (Fsp3) is 0.257. The molecule has 0 radical (unpaired) electrons. The number of aromatic nitrogens is 1. The molecule has 1 aromatic heterocycles. The summed E-state index contributed by atoms with van der Waals surface area (Å²) in [5, 5.41) is 1.13. The summed E-state index contributed by atoms with van der Waals surface area (Å²) in [4.78, 5) is 29.9. The van der Waals surface area contributed by atoms with E-state index in [0.29, 0.717) is 19.4 Å².